The van der Waals surface area contributed by atoms with Crippen LogP contribution in [-0.2, 0) is 25.7 Å². The molecule has 0 saturated heterocycles. The third-order valence-corrected chi connectivity index (χ3v) is 4.54. The molecule has 0 atom stereocenters. The van der Waals surface area contributed by atoms with E-state index in [0.29, 0.717) is 13.1 Å². The van der Waals surface area contributed by atoms with E-state index >= 15 is 0 Å². The predicted molar refractivity (Wildman–Crippen MR) is 85.9 cm³/mol. The number of nitrogens with zero attached hydrogens (tertiary/aromatic N) is 2. The van der Waals surface area contributed by atoms with E-state index in [1.807, 2.05) is 9.88 Å². The minimum absolute atomic E-state index is 0.183. The zero-order valence-electron chi connectivity index (χ0n) is 13.5. The Labute approximate surface area is 144 Å². The Hall–Kier alpha value is -2.68. The summed E-state index contributed by atoms with van der Waals surface area (Å²) >= 11 is 0. The fourth-order valence-electron chi connectivity index (χ4n) is 3.27. The monoisotopic (exact) mass is 366 g/mol. The van der Waals surface area contributed by atoms with Gasteiger partial charge in [0.15, 0.2) is 0 Å². The average molecular weight is 366 g/mol. The van der Waals surface area contributed by atoms with E-state index in [1.54, 1.807) is 12.3 Å². The largest absolute Gasteiger partial charge is 0.449 e. The van der Waals surface area contributed by atoms with Gasteiger partial charge in [0, 0.05) is 43.2 Å². The smallest absolute Gasteiger partial charge is 0.361 e. The Morgan fingerprint density at radius 3 is 2.85 bits per heavy atom. The van der Waals surface area contributed by atoms with Gasteiger partial charge in [-0.25, -0.2) is 9.37 Å². The first kappa shape index (κ1) is 16.8. The van der Waals surface area contributed by atoms with Crippen molar-refractivity contribution in [2.45, 2.75) is 25.7 Å². The number of H-pyrrole nitrogens is 2. The predicted octanol–water partition coefficient (Wildman–Crippen LogP) is 2.97. The van der Waals surface area contributed by atoms with Crippen LogP contribution in [0.15, 0.2) is 29.2 Å². The van der Waals surface area contributed by atoms with Crippen molar-refractivity contribution in [2.75, 3.05) is 6.54 Å². The highest BCUT2D eigenvalue weighted by molar-refractivity contribution is 5.83. The zero-order valence-corrected chi connectivity index (χ0v) is 13.5. The number of alkyl halides is 3. The molecule has 0 radical (unpaired) electrons. The van der Waals surface area contributed by atoms with Gasteiger partial charge in [0.05, 0.1) is 11.3 Å². The number of nitrogens with one attached hydrogen (secondary N) is 2. The molecular formula is C17H14F4N4O. The number of hydrogen-bond donors (Lipinski definition) is 2. The van der Waals surface area contributed by atoms with Gasteiger partial charge < -0.3 is 9.97 Å². The van der Waals surface area contributed by atoms with Gasteiger partial charge in [-0.15, -0.1) is 0 Å². The Bertz CT molecular complexity index is 1040. The summed E-state index contributed by atoms with van der Waals surface area (Å²) in [7, 11) is 0. The van der Waals surface area contributed by atoms with Crippen molar-refractivity contribution in [2.24, 2.45) is 0 Å². The minimum Gasteiger partial charge on any atom is -0.361 e. The molecule has 1 aliphatic heterocycles. The second-order valence-electron chi connectivity index (χ2n) is 6.30. The van der Waals surface area contributed by atoms with E-state index in [0.717, 1.165) is 16.5 Å². The van der Waals surface area contributed by atoms with E-state index in [9.17, 15) is 22.4 Å². The van der Waals surface area contributed by atoms with E-state index in [4.69, 9.17) is 0 Å². The van der Waals surface area contributed by atoms with Crippen molar-refractivity contribution in [3.63, 3.8) is 0 Å². The fourth-order valence-corrected chi connectivity index (χ4v) is 3.27. The van der Waals surface area contributed by atoms with Crippen molar-refractivity contribution in [1.29, 1.82) is 0 Å². The lowest BCUT2D eigenvalue weighted by Gasteiger charge is -2.27. The van der Waals surface area contributed by atoms with Crippen molar-refractivity contribution in [3.05, 3.63) is 63.2 Å². The Morgan fingerprint density at radius 2 is 2.08 bits per heavy atom. The van der Waals surface area contributed by atoms with Crippen LogP contribution in [0.1, 0.15) is 22.6 Å². The summed E-state index contributed by atoms with van der Waals surface area (Å²) in [5.41, 5.74) is 1.32. The van der Waals surface area contributed by atoms with Gasteiger partial charge in [0.25, 0.3) is 5.56 Å². The molecule has 4 rings (SSSR count). The Balaban J connectivity index is 1.61. The number of fused-ring (bicyclic) bond motifs is 2. The number of halogens is 4. The molecule has 0 unspecified atom stereocenters. The molecule has 0 saturated carbocycles. The minimum atomic E-state index is -4.68. The summed E-state index contributed by atoms with van der Waals surface area (Å²) in [6.45, 7) is 1.10. The maximum Gasteiger partial charge on any atom is 0.449 e. The van der Waals surface area contributed by atoms with Crippen molar-refractivity contribution >= 4 is 10.9 Å². The SMILES string of the molecule is O=c1[nH]c(C(F)(F)F)nc2c1CN(Cc1c[nH]c3ccc(F)cc13)CC2. The molecule has 2 N–H and O–H groups in total. The molecule has 0 spiro atoms. The molecule has 3 aromatic rings. The van der Waals surface area contributed by atoms with Crippen LogP contribution in [-0.4, -0.2) is 26.4 Å². The number of hydrogen-bond acceptors (Lipinski definition) is 3. The topological polar surface area (TPSA) is 64.8 Å². The van der Waals surface area contributed by atoms with Gasteiger partial charge in [-0.2, -0.15) is 13.2 Å². The van der Waals surface area contributed by atoms with E-state index in [2.05, 4.69) is 9.97 Å². The second-order valence-corrected chi connectivity index (χ2v) is 6.30. The van der Waals surface area contributed by atoms with E-state index in [1.165, 1.54) is 12.1 Å². The van der Waals surface area contributed by atoms with Crippen LogP contribution in [0.2, 0.25) is 0 Å². The van der Waals surface area contributed by atoms with Gasteiger partial charge in [0.2, 0.25) is 5.82 Å². The first-order valence-corrected chi connectivity index (χ1v) is 7.98. The Kier molecular flexibility index (Phi) is 3.83. The van der Waals surface area contributed by atoms with Crippen molar-refractivity contribution in [1.82, 2.24) is 19.9 Å². The molecule has 2 aromatic heterocycles. The van der Waals surface area contributed by atoms with Crippen molar-refractivity contribution < 1.29 is 17.6 Å². The average Bonchev–Trinajstić information content (AvgIpc) is 2.96. The zero-order chi connectivity index (χ0) is 18.5. The highest BCUT2D eigenvalue weighted by Gasteiger charge is 2.36. The third kappa shape index (κ3) is 2.98. The number of rotatable bonds is 2. The highest BCUT2D eigenvalue weighted by Crippen LogP contribution is 2.27. The summed E-state index contributed by atoms with van der Waals surface area (Å²) in [5, 5.41) is 0.746. The van der Waals surface area contributed by atoms with Crippen LogP contribution in [0, 0.1) is 5.82 Å². The highest BCUT2D eigenvalue weighted by atomic mass is 19.4. The van der Waals surface area contributed by atoms with Crippen molar-refractivity contribution in [3.8, 4) is 0 Å². The van der Waals surface area contributed by atoms with Crippen LogP contribution in [0.3, 0.4) is 0 Å². The lowest BCUT2D eigenvalue weighted by Crippen LogP contribution is -2.36. The number of aromatic nitrogens is 3. The van der Waals surface area contributed by atoms with Crippen LogP contribution in [0.5, 0.6) is 0 Å². The molecule has 136 valence electrons. The molecule has 0 aliphatic carbocycles. The maximum atomic E-state index is 13.5. The second kappa shape index (κ2) is 5.94. The quantitative estimate of drug-likeness (QED) is 0.686. The molecule has 1 aromatic carbocycles. The molecular weight excluding hydrogens is 352 g/mol. The molecule has 9 heteroatoms. The summed E-state index contributed by atoms with van der Waals surface area (Å²) in [6.07, 6.45) is -2.66. The maximum absolute atomic E-state index is 13.5. The third-order valence-electron chi connectivity index (χ3n) is 4.54. The molecule has 0 amide bonds. The molecule has 1 aliphatic rings. The fraction of sp³-hybridized carbons (Fsp3) is 0.294. The first-order chi connectivity index (χ1) is 12.3. The van der Waals surface area contributed by atoms with Crippen LogP contribution < -0.4 is 5.56 Å². The van der Waals surface area contributed by atoms with Gasteiger partial charge in [-0.1, -0.05) is 0 Å². The molecule has 0 fully saturated rings. The normalized spacial score (nSPS) is 15.4. The molecule has 26 heavy (non-hydrogen) atoms. The molecule has 3 heterocycles. The van der Waals surface area contributed by atoms with Gasteiger partial charge in [-0.05, 0) is 23.8 Å². The lowest BCUT2D eigenvalue weighted by atomic mass is 10.1. The lowest BCUT2D eigenvalue weighted by molar-refractivity contribution is -0.145. The van der Waals surface area contributed by atoms with Gasteiger partial charge in [-0.3, -0.25) is 9.69 Å². The number of aromatic amines is 2. The van der Waals surface area contributed by atoms with Gasteiger partial charge >= 0.3 is 6.18 Å². The summed E-state index contributed by atoms with van der Waals surface area (Å²) in [6, 6.07) is 4.44. The number of benzene rings is 1. The summed E-state index contributed by atoms with van der Waals surface area (Å²) < 4.78 is 51.8. The van der Waals surface area contributed by atoms with Gasteiger partial charge in [0.1, 0.15) is 5.82 Å². The first-order valence-electron chi connectivity index (χ1n) is 7.98. The Morgan fingerprint density at radius 1 is 1.27 bits per heavy atom. The molecule has 0 bridgehead atoms. The van der Waals surface area contributed by atoms with Crippen LogP contribution >= 0.6 is 0 Å². The standard InChI is InChI=1S/C17H14F4N4O/c18-10-1-2-13-11(5-10)9(6-22-13)7-25-4-3-14-12(8-25)15(26)24-16(23-14)17(19,20)21/h1-2,5-6,22H,3-4,7-8H2,(H,23,24,26). The summed E-state index contributed by atoms with van der Waals surface area (Å²) in [4.78, 5) is 22.4. The van der Waals surface area contributed by atoms with E-state index in [-0.39, 0.29) is 30.0 Å². The van der Waals surface area contributed by atoms with Crippen LogP contribution in [0.4, 0.5) is 17.6 Å². The van der Waals surface area contributed by atoms with Crippen LogP contribution in [0.25, 0.3) is 10.9 Å². The van der Waals surface area contributed by atoms with E-state index < -0.39 is 17.6 Å². The molecule has 5 nitrogen and oxygen atoms in total. The summed E-state index contributed by atoms with van der Waals surface area (Å²) in [5.74, 6) is -1.61.